The van der Waals surface area contributed by atoms with Crippen LogP contribution in [0.5, 0.6) is 11.5 Å². The topological polar surface area (TPSA) is 103 Å². The molecule has 9 heteroatoms. The van der Waals surface area contributed by atoms with E-state index in [-0.39, 0.29) is 11.0 Å². The van der Waals surface area contributed by atoms with Crippen molar-refractivity contribution in [3.63, 3.8) is 0 Å². The number of methoxy groups -OCH3 is 1. The van der Waals surface area contributed by atoms with E-state index in [1.165, 1.54) is 0 Å². The number of carbonyl (C=O) groups excluding carboxylic acids is 1. The molecule has 0 saturated carbocycles. The smallest absolute Gasteiger partial charge is 0.256 e. The van der Waals surface area contributed by atoms with Crippen molar-refractivity contribution in [1.82, 2.24) is 5.32 Å². The van der Waals surface area contributed by atoms with Crippen molar-refractivity contribution in [2.45, 2.75) is 37.1 Å². The van der Waals surface area contributed by atoms with Gasteiger partial charge < -0.3 is 14.8 Å². The summed E-state index contributed by atoms with van der Waals surface area (Å²) in [6.07, 6.45) is 0. The number of carbonyl (C=O) groups is 1. The van der Waals surface area contributed by atoms with Gasteiger partial charge in [-0.05, 0) is 63.0 Å². The van der Waals surface area contributed by atoms with Crippen LogP contribution in [0.3, 0.4) is 0 Å². The predicted octanol–water partition coefficient (Wildman–Crippen LogP) is 5.76. The van der Waals surface area contributed by atoms with E-state index < -0.39 is 23.4 Å². The van der Waals surface area contributed by atoms with Gasteiger partial charge in [-0.3, -0.25) is 20.2 Å². The van der Waals surface area contributed by atoms with Crippen LogP contribution in [0.4, 0.5) is 5.69 Å². The summed E-state index contributed by atoms with van der Waals surface area (Å²) < 4.78 is 12.6. The molecule has 4 aromatic rings. The number of fused-ring (bicyclic) bond motifs is 3. The Morgan fingerprint density at radius 2 is 1.79 bits per heavy atom. The molecule has 0 unspecified atom stereocenters. The van der Waals surface area contributed by atoms with Crippen molar-refractivity contribution in [2.24, 2.45) is 0 Å². The molecule has 1 fully saturated rings. The largest absolute Gasteiger partial charge is 0.493 e. The summed E-state index contributed by atoms with van der Waals surface area (Å²) in [7, 11) is 1.54. The third-order valence-corrected chi connectivity index (χ3v) is 8.44. The van der Waals surface area contributed by atoms with E-state index in [1.807, 2.05) is 37.3 Å². The molecule has 1 saturated heterocycles. The molecule has 4 aromatic carbocycles. The highest BCUT2D eigenvalue weighted by Crippen LogP contribution is 2.51. The van der Waals surface area contributed by atoms with Gasteiger partial charge in [0.2, 0.25) is 0 Å². The van der Waals surface area contributed by atoms with Gasteiger partial charge in [0.15, 0.2) is 17.0 Å². The van der Waals surface area contributed by atoms with E-state index in [2.05, 4.69) is 44.8 Å². The van der Waals surface area contributed by atoms with Gasteiger partial charge in [0, 0.05) is 22.2 Å². The Bertz CT molecular complexity index is 1620. The molecule has 0 aromatic heterocycles. The van der Waals surface area contributed by atoms with Crippen LogP contribution in [0.2, 0.25) is 0 Å². The predicted molar refractivity (Wildman–Crippen MR) is 152 cm³/mol. The number of amides is 1. The van der Waals surface area contributed by atoms with Crippen LogP contribution in [-0.2, 0) is 16.9 Å². The summed E-state index contributed by atoms with van der Waals surface area (Å²) >= 11 is 3.62. The van der Waals surface area contributed by atoms with Gasteiger partial charge in [-0.1, -0.05) is 60.7 Å². The zero-order valence-electron chi connectivity index (χ0n) is 21.3. The Balaban J connectivity index is 1.37. The minimum absolute atomic E-state index is 0.314. The molecule has 0 aliphatic carbocycles. The van der Waals surface area contributed by atoms with Crippen molar-refractivity contribution >= 4 is 38.3 Å². The molecule has 6 rings (SSSR count). The summed E-state index contributed by atoms with van der Waals surface area (Å²) in [5.41, 5.74) is 1.40. The van der Waals surface area contributed by atoms with Crippen molar-refractivity contribution in [3.05, 3.63) is 110 Å². The molecule has 2 heterocycles. The van der Waals surface area contributed by atoms with Crippen LogP contribution in [0.1, 0.15) is 29.5 Å². The molecule has 2 aliphatic heterocycles. The number of nitrogens with zero attached hydrogens (tertiary/aromatic N) is 1. The second-order valence-electron chi connectivity index (χ2n) is 9.96. The molecule has 0 bridgehead atoms. The normalized spacial score (nSPS) is 23.6. The van der Waals surface area contributed by atoms with E-state index in [4.69, 9.17) is 9.47 Å². The van der Waals surface area contributed by atoms with E-state index in [0.717, 1.165) is 16.3 Å². The first-order valence-corrected chi connectivity index (χ1v) is 13.4. The van der Waals surface area contributed by atoms with Gasteiger partial charge in [0.1, 0.15) is 6.61 Å². The van der Waals surface area contributed by atoms with Crippen molar-refractivity contribution in [3.8, 4) is 11.5 Å². The minimum Gasteiger partial charge on any atom is -0.493 e. The summed E-state index contributed by atoms with van der Waals surface area (Å²) in [6.45, 7) is 2.18. The molecule has 2 aliphatic rings. The van der Waals surface area contributed by atoms with E-state index in [1.54, 1.807) is 37.4 Å². The highest BCUT2D eigenvalue weighted by Gasteiger charge is 2.67. The fourth-order valence-electron chi connectivity index (χ4n) is 6.19. The molecule has 39 heavy (non-hydrogen) atoms. The van der Waals surface area contributed by atoms with Gasteiger partial charge >= 0.3 is 0 Å². The Morgan fingerprint density at radius 1 is 1.05 bits per heavy atom. The van der Waals surface area contributed by atoms with E-state index in [9.17, 15) is 14.9 Å². The maximum atomic E-state index is 13.3. The highest BCUT2D eigenvalue weighted by atomic mass is 79.9. The van der Waals surface area contributed by atoms with Gasteiger partial charge in [-0.25, -0.2) is 0 Å². The van der Waals surface area contributed by atoms with Crippen LogP contribution < -0.4 is 20.1 Å². The lowest BCUT2D eigenvalue weighted by atomic mass is 9.78. The van der Waals surface area contributed by atoms with Gasteiger partial charge in [0.25, 0.3) is 11.9 Å². The first kappa shape index (κ1) is 25.3. The van der Waals surface area contributed by atoms with Crippen LogP contribution in [-0.4, -0.2) is 30.0 Å². The van der Waals surface area contributed by atoms with Crippen LogP contribution in [0, 0.1) is 10.1 Å². The number of halogens is 1. The third kappa shape index (κ3) is 3.95. The quantitative estimate of drug-likeness (QED) is 0.220. The van der Waals surface area contributed by atoms with Crippen molar-refractivity contribution < 1.29 is 19.2 Å². The maximum absolute atomic E-state index is 13.3. The number of benzene rings is 4. The van der Waals surface area contributed by atoms with Crippen LogP contribution >= 0.6 is 15.9 Å². The first-order chi connectivity index (χ1) is 18.8. The summed E-state index contributed by atoms with van der Waals surface area (Å²) in [4.78, 5) is 25.6. The number of nitrogens with one attached hydrogen (secondary N) is 2. The SMILES string of the molecule is COc1cc([C@@H]2[C@H](C)N[C@@]3(C(=O)Nc4ccccc43)[C@@H]2[N+](=O)[O-])cc(Br)c1OCc1cccc2ccccc12. The van der Waals surface area contributed by atoms with E-state index >= 15 is 0 Å². The Kier molecular flexibility index (Phi) is 6.28. The number of rotatable bonds is 6. The Hall–Kier alpha value is -3.95. The summed E-state index contributed by atoms with van der Waals surface area (Å²) in [6, 6.07) is 23.3. The third-order valence-electron chi connectivity index (χ3n) is 7.85. The highest BCUT2D eigenvalue weighted by molar-refractivity contribution is 9.10. The summed E-state index contributed by atoms with van der Waals surface area (Å²) in [5, 5.41) is 21.0. The number of anilines is 1. The molecule has 4 atom stereocenters. The number of nitro groups is 1. The molecule has 0 radical (unpaired) electrons. The molecule has 198 valence electrons. The molecule has 8 nitrogen and oxygen atoms in total. The van der Waals surface area contributed by atoms with Gasteiger partial charge in [-0.2, -0.15) is 0 Å². The van der Waals surface area contributed by atoms with Crippen LogP contribution in [0.25, 0.3) is 10.8 Å². The average molecular weight is 588 g/mol. The fourth-order valence-corrected chi connectivity index (χ4v) is 6.77. The lowest BCUT2D eigenvalue weighted by Crippen LogP contribution is -2.54. The monoisotopic (exact) mass is 587 g/mol. The number of hydrogen-bond donors (Lipinski definition) is 2. The second-order valence-corrected chi connectivity index (χ2v) is 10.8. The second kappa shape index (κ2) is 9.66. The zero-order chi connectivity index (χ0) is 27.3. The molecule has 2 N–H and O–H groups in total. The molecule has 1 spiro atoms. The lowest BCUT2D eigenvalue weighted by Gasteiger charge is -2.25. The molecule has 1 amide bonds. The Morgan fingerprint density at radius 3 is 2.59 bits per heavy atom. The number of ether oxygens (including phenoxy) is 2. The van der Waals surface area contributed by atoms with Gasteiger partial charge in [0.05, 0.1) is 17.5 Å². The van der Waals surface area contributed by atoms with Crippen molar-refractivity contribution in [1.29, 1.82) is 0 Å². The fraction of sp³-hybridized carbons (Fsp3) is 0.233. The first-order valence-electron chi connectivity index (χ1n) is 12.6. The standard InChI is InChI=1S/C30H26BrN3O5/c1-17-26(28(34(36)37)30(33-17)22-12-5-6-13-24(22)32-29(30)35)20-14-23(31)27(25(15-20)38-2)39-16-19-10-7-9-18-8-3-4-11-21(18)19/h3-15,17,26,28,33H,16H2,1-2H3,(H,32,35)/t17-,26-,28+,30+/m0/s1. The number of hydrogen-bond acceptors (Lipinski definition) is 6. The minimum atomic E-state index is -1.48. The van der Waals surface area contributed by atoms with Crippen LogP contribution in [0.15, 0.2) is 83.3 Å². The lowest BCUT2D eigenvalue weighted by molar-refractivity contribution is -0.532. The molecular weight excluding hydrogens is 562 g/mol. The van der Waals surface area contributed by atoms with Crippen molar-refractivity contribution in [2.75, 3.05) is 12.4 Å². The average Bonchev–Trinajstić information content (AvgIpc) is 3.40. The van der Waals surface area contributed by atoms with Gasteiger partial charge in [-0.15, -0.1) is 0 Å². The Labute approximate surface area is 233 Å². The summed E-state index contributed by atoms with van der Waals surface area (Å²) in [5.74, 6) is -0.0784. The molecular formula is C30H26BrN3O5. The number of para-hydroxylation sites is 1. The van der Waals surface area contributed by atoms with E-state index in [0.29, 0.717) is 39.4 Å². The zero-order valence-corrected chi connectivity index (χ0v) is 22.9. The maximum Gasteiger partial charge on any atom is 0.256 e.